The van der Waals surface area contributed by atoms with Crippen molar-refractivity contribution in [1.29, 1.82) is 0 Å². The average Bonchev–Trinajstić information content (AvgIpc) is 2.70. The molecule has 1 fully saturated rings. The molecule has 2 aliphatic heterocycles. The molecule has 0 aromatic heterocycles. The Morgan fingerprint density at radius 2 is 1.70 bits per heavy atom. The summed E-state index contributed by atoms with van der Waals surface area (Å²) in [6, 6.07) is 6.51. The molecule has 0 spiro atoms. The maximum absolute atomic E-state index is 11.5. The first-order valence-electron chi connectivity index (χ1n) is 10.6. The van der Waals surface area contributed by atoms with E-state index in [2.05, 4.69) is 64.5 Å². The van der Waals surface area contributed by atoms with Gasteiger partial charge in [0.15, 0.2) is 0 Å². The van der Waals surface area contributed by atoms with Crippen LogP contribution in [0.15, 0.2) is 48.3 Å². The van der Waals surface area contributed by atoms with Gasteiger partial charge >= 0.3 is 5.97 Å². The number of allylic oxidation sites excluding steroid dienone is 2. The predicted molar refractivity (Wildman–Crippen MR) is 122 cm³/mol. The third-order valence-electron chi connectivity index (χ3n) is 5.47. The smallest absolute Gasteiger partial charge is 0.351 e. The predicted octanol–water partition coefficient (Wildman–Crippen LogP) is 2.04. The second-order valence-corrected chi connectivity index (χ2v) is 7.62. The standard InChI is InChI=1S/C23H33N5O2/c1-4-21(23(29)30)26-13-9-24-11-15-27(16-12-25-10-14-26)28-19(3)6-7-20-17-18(2)5-8-22(20)28/h4-8,17,24-25H,3,9-16H2,1-2H3,(H,29,30). The van der Waals surface area contributed by atoms with Crippen molar-refractivity contribution in [1.82, 2.24) is 20.5 Å². The molecule has 30 heavy (non-hydrogen) atoms. The lowest BCUT2D eigenvalue weighted by molar-refractivity contribution is -0.134. The Hall–Kier alpha value is -2.61. The number of hydrogen-bond donors (Lipinski definition) is 3. The minimum atomic E-state index is -0.874. The first kappa shape index (κ1) is 22.1. The lowest BCUT2D eigenvalue weighted by Gasteiger charge is -2.40. The van der Waals surface area contributed by atoms with Crippen LogP contribution < -0.4 is 15.6 Å². The first-order valence-corrected chi connectivity index (χ1v) is 10.6. The Morgan fingerprint density at radius 1 is 1.07 bits per heavy atom. The summed E-state index contributed by atoms with van der Waals surface area (Å²) in [6.45, 7) is 14.2. The van der Waals surface area contributed by atoms with Crippen molar-refractivity contribution in [2.75, 3.05) is 57.4 Å². The second kappa shape index (κ2) is 10.4. The highest BCUT2D eigenvalue weighted by Gasteiger charge is 2.23. The van der Waals surface area contributed by atoms with E-state index in [9.17, 15) is 9.90 Å². The number of nitrogens with zero attached hydrogens (tertiary/aromatic N) is 3. The van der Waals surface area contributed by atoms with Crippen LogP contribution in [0.3, 0.4) is 0 Å². The minimum Gasteiger partial charge on any atom is -0.477 e. The summed E-state index contributed by atoms with van der Waals surface area (Å²) in [7, 11) is 0. The summed E-state index contributed by atoms with van der Waals surface area (Å²) in [5.41, 5.74) is 4.93. The van der Waals surface area contributed by atoms with Gasteiger partial charge in [0.1, 0.15) is 5.70 Å². The molecule has 0 radical (unpaired) electrons. The van der Waals surface area contributed by atoms with Crippen molar-refractivity contribution >= 4 is 17.7 Å². The number of rotatable bonds is 3. The number of hydrazine groups is 1. The Morgan fingerprint density at radius 3 is 2.30 bits per heavy atom. The first-order chi connectivity index (χ1) is 14.5. The van der Waals surface area contributed by atoms with Crippen molar-refractivity contribution in [3.8, 4) is 0 Å². The van der Waals surface area contributed by atoms with Gasteiger partial charge in [0.05, 0.1) is 11.4 Å². The quantitative estimate of drug-likeness (QED) is 0.658. The number of carbonyl (C=O) groups is 1. The van der Waals surface area contributed by atoms with E-state index < -0.39 is 5.97 Å². The fourth-order valence-corrected chi connectivity index (χ4v) is 3.95. The SMILES string of the molecule is C=C1C=Cc2cc(C)ccc2N1N1CCNCCN(C(=CC)C(=O)O)CCNCC1. The Balaban J connectivity index is 1.69. The van der Waals surface area contributed by atoms with Gasteiger partial charge in [0.2, 0.25) is 0 Å². The topological polar surface area (TPSA) is 71.1 Å². The summed E-state index contributed by atoms with van der Waals surface area (Å²) >= 11 is 0. The molecule has 1 saturated heterocycles. The Kier molecular flexibility index (Phi) is 7.68. The summed E-state index contributed by atoms with van der Waals surface area (Å²) < 4.78 is 0. The molecule has 0 saturated carbocycles. The van der Waals surface area contributed by atoms with E-state index in [0.29, 0.717) is 18.8 Å². The number of hydrogen-bond acceptors (Lipinski definition) is 6. The third-order valence-corrected chi connectivity index (χ3v) is 5.47. The molecule has 0 bridgehead atoms. The maximum Gasteiger partial charge on any atom is 0.351 e. The van der Waals surface area contributed by atoms with Crippen LogP contribution >= 0.6 is 0 Å². The van der Waals surface area contributed by atoms with Crippen LogP contribution in [0, 0.1) is 6.92 Å². The van der Waals surface area contributed by atoms with Gasteiger partial charge in [-0.3, -0.25) is 5.01 Å². The fraction of sp³-hybridized carbons (Fsp3) is 0.435. The van der Waals surface area contributed by atoms with Gasteiger partial charge in [-0.25, -0.2) is 9.80 Å². The number of anilines is 1. The molecular weight excluding hydrogens is 378 g/mol. The zero-order valence-corrected chi connectivity index (χ0v) is 18.0. The monoisotopic (exact) mass is 411 g/mol. The summed E-state index contributed by atoms with van der Waals surface area (Å²) in [4.78, 5) is 13.4. The van der Waals surface area contributed by atoms with E-state index in [1.54, 1.807) is 13.0 Å². The summed E-state index contributed by atoms with van der Waals surface area (Å²) in [6.07, 6.45) is 5.87. The molecule has 0 amide bonds. The van der Waals surface area contributed by atoms with E-state index in [1.165, 1.54) is 11.1 Å². The fourth-order valence-electron chi connectivity index (χ4n) is 3.95. The lowest BCUT2D eigenvalue weighted by Crippen LogP contribution is -2.50. The normalized spacial score (nSPS) is 19.8. The van der Waals surface area contributed by atoms with Crippen LogP contribution in [0.5, 0.6) is 0 Å². The van der Waals surface area contributed by atoms with E-state index in [4.69, 9.17) is 0 Å². The molecule has 7 heteroatoms. The van der Waals surface area contributed by atoms with Crippen LogP contribution in [0.2, 0.25) is 0 Å². The number of nitrogens with one attached hydrogen (secondary N) is 2. The van der Waals surface area contributed by atoms with Gasteiger partial charge in [-0.1, -0.05) is 30.4 Å². The molecule has 3 rings (SSSR count). The molecule has 2 aliphatic rings. The highest BCUT2D eigenvalue weighted by Crippen LogP contribution is 2.32. The molecule has 0 unspecified atom stereocenters. The van der Waals surface area contributed by atoms with Gasteiger partial charge in [-0.05, 0) is 37.6 Å². The van der Waals surface area contributed by atoms with E-state index in [0.717, 1.165) is 50.7 Å². The zero-order chi connectivity index (χ0) is 21.5. The van der Waals surface area contributed by atoms with Crippen molar-refractivity contribution in [2.24, 2.45) is 0 Å². The van der Waals surface area contributed by atoms with Crippen LogP contribution in [-0.2, 0) is 4.79 Å². The van der Waals surface area contributed by atoms with E-state index >= 15 is 0 Å². The average molecular weight is 412 g/mol. The number of fused-ring (bicyclic) bond motifs is 1. The van der Waals surface area contributed by atoms with Gasteiger partial charge in [-0.2, -0.15) is 0 Å². The number of carboxylic acids is 1. The number of carboxylic acid groups (broad SMARTS) is 1. The van der Waals surface area contributed by atoms with Crippen molar-refractivity contribution in [3.05, 3.63) is 59.5 Å². The van der Waals surface area contributed by atoms with Crippen molar-refractivity contribution < 1.29 is 9.90 Å². The van der Waals surface area contributed by atoms with Crippen LogP contribution in [0.1, 0.15) is 18.1 Å². The van der Waals surface area contributed by atoms with Gasteiger partial charge in [0, 0.05) is 52.4 Å². The highest BCUT2D eigenvalue weighted by atomic mass is 16.4. The van der Waals surface area contributed by atoms with Crippen LogP contribution in [-0.4, -0.2) is 73.3 Å². The molecule has 162 valence electrons. The van der Waals surface area contributed by atoms with Crippen LogP contribution in [0.4, 0.5) is 5.69 Å². The van der Waals surface area contributed by atoms with Crippen LogP contribution in [0.25, 0.3) is 6.08 Å². The molecular formula is C23H33N5O2. The van der Waals surface area contributed by atoms with Crippen molar-refractivity contribution in [3.63, 3.8) is 0 Å². The third kappa shape index (κ3) is 5.30. The number of benzene rings is 1. The molecule has 7 nitrogen and oxygen atoms in total. The summed E-state index contributed by atoms with van der Waals surface area (Å²) in [5.74, 6) is -0.874. The number of aryl methyl sites for hydroxylation is 1. The largest absolute Gasteiger partial charge is 0.477 e. The number of aliphatic carboxylic acids is 1. The molecule has 1 aromatic rings. The highest BCUT2D eigenvalue weighted by molar-refractivity contribution is 5.85. The van der Waals surface area contributed by atoms with Crippen molar-refractivity contribution in [2.45, 2.75) is 13.8 Å². The Labute approximate surface area is 179 Å². The molecule has 2 heterocycles. The van der Waals surface area contributed by atoms with Gasteiger partial charge in [-0.15, -0.1) is 0 Å². The molecule has 1 aromatic carbocycles. The van der Waals surface area contributed by atoms with Gasteiger partial charge < -0.3 is 20.6 Å². The zero-order valence-electron chi connectivity index (χ0n) is 18.0. The second-order valence-electron chi connectivity index (χ2n) is 7.62. The lowest BCUT2D eigenvalue weighted by atomic mass is 10.0. The Bertz CT molecular complexity index is 819. The van der Waals surface area contributed by atoms with Gasteiger partial charge in [0.25, 0.3) is 0 Å². The maximum atomic E-state index is 11.5. The van der Waals surface area contributed by atoms with E-state index in [-0.39, 0.29) is 0 Å². The molecule has 0 aliphatic carbocycles. The minimum absolute atomic E-state index is 0.362. The molecule has 0 atom stereocenters. The summed E-state index contributed by atoms with van der Waals surface area (Å²) in [5, 5.41) is 20.9. The van der Waals surface area contributed by atoms with E-state index in [1.807, 2.05) is 4.90 Å². The molecule has 3 N–H and O–H groups in total.